The summed E-state index contributed by atoms with van der Waals surface area (Å²) in [6.45, 7) is 0. The Balaban J connectivity index is 1.90. The van der Waals surface area contributed by atoms with Crippen molar-refractivity contribution in [2.24, 2.45) is 4.99 Å². The van der Waals surface area contributed by atoms with E-state index in [0.29, 0.717) is 0 Å². The molecule has 2 aromatic carbocycles. The molecular weight excluding hydrogens is 422 g/mol. The number of amidine groups is 1. The lowest BCUT2D eigenvalue weighted by molar-refractivity contribution is 0.0368. The van der Waals surface area contributed by atoms with E-state index in [0.717, 1.165) is 27.8 Å². The summed E-state index contributed by atoms with van der Waals surface area (Å²) in [5, 5.41) is 2.02. The van der Waals surface area contributed by atoms with Gasteiger partial charge in [-0.3, -0.25) is 14.6 Å². The first kappa shape index (κ1) is 21.6. The van der Waals surface area contributed by atoms with Crippen LogP contribution in [0.2, 0.25) is 0 Å². The number of nitrogens with zero attached hydrogens (tertiary/aromatic N) is 3. The van der Waals surface area contributed by atoms with Gasteiger partial charge >= 0.3 is 6.08 Å². The number of fused-ring (bicyclic) bond motifs is 1. The molecule has 3 rings (SSSR count). The lowest BCUT2D eigenvalue weighted by Gasteiger charge is -2.28. The van der Waals surface area contributed by atoms with Crippen LogP contribution in [0.4, 0.5) is 23.2 Å². The van der Waals surface area contributed by atoms with Crippen molar-refractivity contribution in [3.8, 4) is 0 Å². The van der Waals surface area contributed by atoms with Crippen molar-refractivity contribution in [3.05, 3.63) is 77.4 Å². The van der Waals surface area contributed by atoms with E-state index in [1.165, 1.54) is 37.4 Å². The summed E-state index contributed by atoms with van der Waals surface area (Å²) >= 11 is 0.846. The number of allylic oxidation sites excluding steroid dienone is 1. The van der Waals surface area contributed by atoms with Crippen molar-refractivity contribution in [2.75, 3.05) is 12.8 Å². The zero-order chi connectivity index (χ0) is 21.8. The molecule has 0 radical (unpaired) electrons. The Hall–Kier alpha value is -3.14. The van der Waals surface area contributed by atoms with E-state index in [1.807, 2.05) is 0 Å². The number of thioether (sulfide) groups is 1. The van der Waals surface area contributed by atoms with Crippen molar-refractivity contribution in [3.63, 3.8) is 0 Å². The fourth-order valence-corrected chi connectivity index (χ4v) is 3.62. The molecule has 1 aliphatic heterocycles. The van der Waals surface area contributed by atoms with Crippen LogP contribution in [0.15, 0.2) is 65.4 Å². The van der Waals surface area contributed by atoms with E-state index in [4.69, 9.17) is 0 Å². The quantitative estimate of drug-likeness (QED) is 0.281. The molecule has 0 fully saturated rings. The van der Waals surface area contributed by atoms with Crippen LogP contribution in [0.5, 0.6) is 0 Å². The first-order valence-corrected chi connectivity index (χ1v) is 9.66. The number of carbonyl (C=O) groups excluding carboxylic acids is 2. The summed E-state index contributed by atoms with van der Waals surface area (Å²) < 4.78 is 51.3. The number of hydrazine groups is 1. The minimum atomic E-state index is -2.41. The third-order valence-electron chi connectivity index (χ3n) is 4.14. The molecule has 30 heavy (non-hydrogen) atoms. The summed E-state index contributed by atoms with van der Waals surface area (Å²) in [6.07, 6.45) is -2.99. The molecule has 10 heteroatoms. The Morgan fingerprint density at radius 2 is 1.67 bits per heavy atom. The summed E-state index contributed by atoms with van der Waals surface area (Å²) in [6, 6.07) is 11.5. The summed E-state index contributed by atoms with van der Waals surface area (Å²) in [4.78, 5) is 29.6. The third-order valence-corrected chi connectivity index (χ3v) is 5.16. The van der Waals surface area contributed by atoms with E-state index in [9.17, 15) is 27.2 Å². The molecule has 0 saturated heterocycles. The van der Waals surface area contributed by atoms with Gasteiger partial charge in [0.2, 0.25) is 0 Å². The average molecular weight is 437 g/mol. The van der Waals surface area contributed by atoms with E-state index >= 15 is 0 Å². The molecule has 0 unspecified atom stereocenters. The van der Waals surface area contributed by atoms with Gasteiger partial charge in [-0.25, -0.2) is 13.8 Å². The maximum absolute atomic E-state index is 13.5. The van der Waals surface area contributed by atoms with Crippen molar-refractivity contribution in [1.29, 1.82) is 0 Å². The van der Waals surface area contributed by atoms with E-state index in [2.05, 4.69) is 4.99 Å². The number of carbonyl (C=O) groups is 2. The Morgan fingerprint density at radius 3 is 2.23 bits per heavy atom. The van der Waals surface area contributed by atoms with Crippen LogP contribution in [0.3, 0.4) is 0 Å². The molecule has 0 saturated carbocycles. The molecule has 2 amide bonds. The molecular formula is C20H15F4N3O2S. The fraction of sp³-hybridized carbons (Fsp3) is 0.150. The van der Waals surface area contributed by atoms with Crippen molar-refractivity contribution >= 4 is 34.4 Å². The van der Waals surface area contributed by atoms with Crippen LogP contribution >= 0.6 is 11.8 Å². The van der Waals surface area contributed by atoms with Crippen molar-refractivity contribution in [2.45, 2.75) is 6.42 Å². The SMILES string of the molecule is CN(C(=Nc1cccc(F)c1)SCCC(F)=C(F)F)N1C(=O)c2ccccc2C1=O. The number of rotatable bonds is 5. The molecule has 156 valence electrons. The maximum Gasteiger partial charge on any atom is 0.301 e. The third kappa shape index (κ3) is 4.54. The standard InChI is InChI=1S/C20H15F4N3O2S/c1-26(27-18(28)14-7-2-3-8-15(14)19(27)29)20(30-10-9-16(22)17(23)24)25-13-6-4-5-12(21)11-13/h2-8,11H,9-10H2,1H3. The van der Waals surface area contributed by atoms with Gasteiger partial charge in [0.05, 0.1) is 16.8 Å². The molecule has 2 aromatic rings. The van der Waals surface area contributed by atoms with Crippen LogP contribution in [-0.4, -0.2) is 39.8 Å². The van der Waals surface area contributed by atoms with Gasteiger partial charge in [-0.05, 0) is 30.3 Å². The maximum atomic E-state index is 13.5. The van der Waals surface area contributed by atoms with Gasteiger partial charge < -0.3 is 0 Å². The molecule has 1 heterocycles. The van der Waals surface area contributed by atoms with Crippen LogP contribution in [0.25, 0.3) is 0 Å². The van der Waals surface area contributed by atoms with E-state index < -0.39 is 36.0 Å². The highest BCUT2D eigenvalue weighted by Crippen LogP contribution is 2.27. The second-order valence-corrected chi connectivity index (χ2v) is 7.19. The van der Waals surface area contributed by atoms with Gasteiger partial charge in [0, 0.05) is 19.2 Å². The van der Waals surface area contributed by atoms with Gasteiger partial charge in [-0.1, -0.05) is 30.0 Å². The number of benzene rings is 2. The largest absolute Gasteiger partial charge is 0.301 e. The number of aliphatic imine (C=N–C) groups is 1. The number of imide groups is 1. The Labute approximate surface area is 173 Å². The summed E-state index contributed by atoms with van der Waals surface area (Å²) in [5.41, 5.74) is 0.588. The van der Waals surface area contributed by atoms with Crippen LogP contribution < -0.4 is 0 Å². The van der Waals surface area contributed by atoms with Gasteiger partial charge in [-0.15, -0.1) is 0 Å². The highest BCUT2D eigenvalue weighted by molar-refractivity contribution is 8.13. The summed E-state index contributed by atoms with van der Waals surface area (Å²) in [7, 11) is 1.38. The van der Waals surface area contributed by atoms with Gasteiger partial charge in [0.25, 0.3) is 11.8 Å². The van der Waals surface area contributed by atoms with Gasteiger partial charge in [-0.2, -0.15) is 13.8 Å². The normalized spacial score (nSPS) is 13.5. The second kappa shape index (κ2) is 9.12. The molecule has 0 spiro atoms. The molecule has 0 N–H and O–H groups in total. The smallest absolute Gasteiger partial charge is 0.267 e. The molecule has 0 atom stereocenters. The highest BCUT2D eigenvalue weighted by atomic mass is 32.2. The Morgan fingerprint density at radius 1 is 1.03 bits per heavy atom. The number of hydrogen-bond donors (Lipinski definition) is 0. The second-order valence-electron chi connectivity index (χ2n) is 6.13. The summed E-state index contributed by atoms with van der Waals surface area (Å²) in [5.74, 6) is -3.45. The zero-order valence-electron chi connectivity index (χ0n) is 15.6. The minimum absolute atomic E-state index is 0.0298. The number of amides is 2. The molecule has 1 aliphatic rings. The first-order chi connectivity index (χ1) is 14.3. The predicted molar refractivity (Wildman–Crippen MR) is 106 cm³/mol. The lowest BCUT2D eigenvalue weighted by Crippen LogP contribution is -2.46. The Bertz CT molecular complexity index is 1020. The minimum Gasteiger partial charge on any atom is -0.267 e. The first-order valence-electron chi connectivity index (χ1n) is 8.67. The van der Waals surface area contributed by atoms with E-state index in [-0.39, 0.29) is 27.7 Å². The molecule has 5 nitrogen and oxygen atoms in total. The van der Waals surface area contributed by atoms with Gasteiger partial charge in [0.1, 0.15) is 5.82 Å². The Kier molecular flexibility index (Phi) is 6.56. The molecule has 0 aromatic heterocycles. The topological polar surface area (TPSA) is 53.0 Å². The van der Waals surface area contributed by atoms with Crippen molar-refractivity contribution < 1.29 is 27.2 Å². The van der Waals surface area contributed by atoms with Crippen molar-refractivity contribution in [1.82, 2.24) is 10.0 Å². The fourth-order valence-electron chi connectivity index (χ4n) is 2.72. The highest BCUT2D eigenvalue weighted by Gasteiger charge is 2.39. The monoisotopic (exact) mass is 437 g/mol. The molecule has 0 bridgehead atoms. The lowest BCUT2D eigenvalue weighted by atomic mass is 10.1. The number of halogens is 4. The van der Waals surface area contributed by atoms with Gasteiger partial charge in [0.15, 0.2) is 11.0 Å². The van der Waals surface area contributed by atoms with Crippen LogP contribution in [0.1, 0.15) is 27.1 Å². The van der Waals surface area contributed by atoms with E-state index in [1.54, 1.807) is 12.1 Å². The number of hydrogen-bond acceptors (Lipinski definition) is 4. The predicted octanol–water partition coefficient (Wildman–Crippen LogP) is 5.16. The van der Waals surface area contributed by atoms with Crippen LogP contribution in [-0.2, 0) is 0 Å². The average Bonchev–Trinajstić information content (AvgIpc) is 2.97. The zero-order valence-corrected chi connectivity index (χ0v) is 16.4. The molecule has 0 aliphatic carbocycles. The van der Waals surface area contributed by atoms with Crippen LogP contribution in [0, 0.1) is 5.82 Å².